The second-order valence-corrected chi connectivity index (χ2v) is 8.47. The Morgan fingerprint density at radius 1 is 1.33 bits per heavy atom. The Hall–Kier alpha value is -2.71. The number of carbonyl (C=O) groups excluding carboxylic acids is 1. The third kappa shape index (κ3) is 3.33. The van der Waals surface area contributed by atoms with Crippen LogP contribution >= 0.6 is 0 Å². The molecule has 1 aromatic rings. The maximum Gasteiger partial charge on any atom is 0.407 e. The second-order valence-electron chi connectivity index (χ2n) is 8.47. The summed E-state index contributed by atoms with van der Waals surface area (Å²) >= 11 is 0. The first-order valence-electron chi connectivity index (χ1n) is 8.95. The fraction of sp³-hybridized carbons (Fsp3) is 0.611. The van der Waals surface area contributed by atoms with Gasteiger partial charge in [0.15, 0.2) is 6.20 Å². The first-order chi connectivity index (χ1) is 12.5. The van der Waals surface area contributed by atoms with Gasteiger partial charge in [-0.3, -0.25) is 4.79 Å². The number of hydrogen-bond acceptors (Lipinski definition) is 5. The monoisotopic (exact) mass is 376 g/mol. The summed E-state index contributed by atoms with van der Waals surface area (Å²) in [7, 11) is 0. The molecule has 0 aromatic carbocycles. The molecule has 2 fully saturated rings. The van der Waals surface area contributed by atoms with E-state index in [0.29, 0.717) is 38.0 Å². The van der Waals surface area contributed by atoms with Gasteiger partial charge < -0.3 is 25.0 Å². The molecule has 1 N–H and O–H groups in total. The number of piperidine rings is 1. The SMILES string of the molecule is CC(C)(C)C1N(c2ccc([N+](=O)[O-])nc2)C(=O)CC12CCN(C(=O)O)CC2. The third-order valence-corrected chi connectivity index (χ3v) is 5.66. The van der Waals surface area contributed by atoms with Crippen molar-refractivity contribution in [2.45, 2.75) is 46.1 Å². The number of anilines is 1. The van der Waals surface area contributed by atoms with Crippen molar-refractivity contribution in [3.05, 3.63) is 28.4 Å². The summed E-state index contributed by atoms with van der Waals surface area (Å²) in [6, 6.07) is 2.73. The highest BCUT2D eigenvalue weighted by atomic mass is 16.6. The lowest BCUT2D eigenvalue weighted by Crippen LogP contribution is -2.53. The molecular weight excluding hydrogens is 352 g/mol. The van der Waals surface area contributed by atoms with E-state index in [1.807, 2.05) is 0 Å². The molecule has 0 radical (unpaired) electrons. The fourth-order valence-corrected chi connectivity index (χ4v) is 4.72. The average molecular weight is 376 g/mol. The quantitative estimate of drug-likeness (QED) is 0.626. The normalized spacial score (nSPS) is 22.3. The van der Waals surface area contributed by atoms with Gasteiger partial charge in [-0.25, -0.2) is 4.79 Å². The van der Waals surface area contributed by atoms with Crippen LogP contribution in [0.5, 0.6) is 0 Å². The molecule has 1 unspecified atom stereocenters. The molecular formula is C18H24N4O5. The molecule has 1 aromatic heterocycles. The number of likely N-dealkylation sites (tertiary alicyclic amines) is 1. The number of pyridine rings is 1. The maximum atomic E-state index is 13.0. The van der Waals surface area contributed by atoms with Crippen LogP contribution in [0.15, 0.2) is 18.3 Å². The van der Waals surface area contributed by atoms with Gasteiger partial charge in [-0.2, -0.15) is 0 Å². The molecule has 0 bridgehead atoms. The third-order valence-electron chi connectivity index (χ3n) is 5.66. The van der Waals surface area contributed by atoms with Gasteiger partial charge in [0.25, 0.3) is 0 Å². The summed E-state index contributed by atoms with van der Waals surface area (Å²) in [5.41, 5.74) is -0.0226. The maximum absolute atomic E-state index is 13.0. The number of carboxylic acid groups (broad SMARTS) is 1. The summed E-state index contributed by atoms with van der Waals surface area (Å²) in [5, 5.41) is 20.1. The lowest BCUT2D eigenvalue weighted by Gasteiger charge is -2.48. The molecule has 2 saturated heterocycles. The van der Waals surface area contributed by atoms with E-state index >= 15 is 0 Å². The van der Waals surface area contributed by atoms with Crippen LogP contribution in [0.25, 0.3) is 0 Å². The van der Waals surface area contributed by atoms with E-state index < -0.39 is 11.0 Å². The molecule has 146 valence electrons. The van der Waals surface area contributed by atoms with Gasteiger partial charge in [0.1, 0.15) is 0 Å². The predicted molar refractivity (Wildman–Crippen MR) is 97.5 cm³/mol. The summed E-state index contributed by atoms with van der Waals surface area (Å²) in [6.45, 7) is 7.00. The Morgan fingerprint density at radius 3 is 2.41 bits per heavy atom. The van der Waals surface area contributed by atoms with Crippen LogP contribution in [0.3, 0.4) is 0 Å². The van der Waals surface area contributed by atoms with Crippen molar-refractivity contribution in [1.29, 1.82) is 0 Å². The number of amides is 2. The molecule has 0 saturated carbocycles. The first-order valence-corrected chi connectivity index (χ1v) is 8.95. The molecule has 9 nitrogen and oxygen atoms in total. The molecule has 2 amide bonds. The number of hydrogen-bond donors (Lipinski definition) is 1. The van der Waals surface area contributed by atoms with E-state index in [0.717, 1.165) is 0 Å². The Bertz CT molecular complexity index is 763. The van der Waals surface area contributed by atoms with Crippen molar-refractivity contribution >= 4 is 23.5 Å². The summed E-state index contributed by atoms with van der Waals surface area (Å²) in [6.07, 6.45) is 2.02. The van der Waals surface area contributed by atoms with Crippen LogP contribution in [0.4, 0.5) is 16.3 Å². The van der Waals surface area contributed by atoms with Crippen LogP contribution in [-0.4, -0.2) is 51.0 Å². The van der Waals surface area contributed by atoms with Gasteiger partial charge >= 0.3 is 11.9 Å². The highest BCUT2D eigenvalue weighted by Crippen LogP contribution is 2.53. The molecule has 2 aliphatic rings. The zero-order valence-corrected chi connectivity index (χ0v) is 15.7. The first kappa shape index (κ1) is 19.1. The number of carbonyl (C=O) groups is 2. The molecule has 9 heteroatoms. The smallest absolute Gasteiger partial charge is 0.407 e. The lowest BCUT2D eigenvalue weighted by molar-refractivity contribution is -0.389. The number of aromatic nitrogens is 1. The van der Waals surface area contributed by atoms with Crippen molar-refractivity contribution < 1.29 is 19.6 Å². The lowest BCUT2D eigenvalue weighted by atomic mass is 9.64. The molecule has 1 spiro atoms. The summed E-state index contributed by atoms with van der Waals surface area (Å²) in [5.74, 6) is -0.309. The van der Waals surface area contributed by atoms with Crippen molar-refractivity contribution in [1.82, 2.24) is 9.88 Å². The van der Waals surface area contributed by atoms with E-state index in [1.165, 1.54) is 17.2 Å². The number of nitrogens with zero attached hydrogens (tertiary/aromatic N) is 4. The highest BCUT2D eigenvalue weighted by Gasteiger charge is 2.57. The number of rotatable bonds is 2. The molecule has 0 aliphatic carbocycles. The van der Waals surface area contributed by atoms with E-state index in [1.54, 1.807) is 11.0 Å². The summed E-state index contributed by atoms with van der Waals surface area (Å²) < 4.78 is 0. The molecule has 3 heterocycles. The zero-order valence-electron chi connectivity index (χ0n) is 15.7. The Labute approximate surface area is 157 Å². The molecule has 2 aliphatic heterocycles. The van der Waals surface area contributed by atoms with Crippen LogP contribution in [0.1, 0.15) is 40.0 Å². The summed E-state index contributed by atoms with van der Waals surface area (Å²) in [4.78, 5) is 41.5. The van der Waals surface area contributed by atoms with Gasteiger partial charge in [0.05, 0.1) is 5.69 Å². The Balaban J connectivity index is 1.96. The average Bonchev–Trinajstić information content (AvgIpc) is 2.87. The Morgan fingerprint density at radius 2 is 1.96 bits per heavy atom. The van der Waals surface area contributed by atoms with Crippen LogP contribution in [0, 0.1) is 20.9 Å². The molecule has 27 heavy (non-hydrogen) atoms. The van der Waals surface area contributed by atoms with Gasteiger partial charge in [0.2, 0.25) is 5.91 Å². The fourth-order valence-electron chi connectivity index (χ4n) is 4.72. The van der Waals surface area contributed by atoms with E-state index in [9.17, 15) is 24.8 Å². The largest absolute Gasteiger partial charge is 0.465 e. The number of nitro groups is 1. The van der Waals surface area contributed by atoms with Gasteiger partial charge in [-0.15, -0.1) is 0 Å². The van der Waals surface area contributed by atoms with E-state index in [-0.39, 0.29) is 28.6 Å². The zero-order chi connectivity index (χ0) is 20.0. The van der Waals surface area contributed by atoms with Gasteiger partial charge in [-0.1, -0.05) is 20.8 Å². The van der Waals surface area contributed by atoms with Crippen LogP contribution in [0.2, 0.25) is 0 Å². The van der Waals surface area contributed by atoms with Gasteiger partial charge in [0, 0.05) is 37.0 Å². The topological polar surface area (TPSA) is 117 Å². The van der Waals surface area contributed by atoms with E-state index in [4.69, 9.17) is 0 Å². The van der Waals surface area contributed by atoms with Crippen molar-refractivity contribution in [2.24, 2.45) is 10.8 Å². The van der Waals surface area contributed by atoms with E-state index in [2.05, 4.69) is 25.8 Å². The van der Waals surface area contributed by atoms with Crippen LogP contribution < -0.4 is 4.90 Å². The van der Waals surface area contributed by atoms with Crippen molar-refractivity contribution in [3.63, 3.8) is 0 Å². The Kier molecular flexibility index (Phi) is 4.57. The van der Waals surface area contributed by atoms with Crippen LogP contribution in [-0.2, 0) is 4.79 Å². The van der Waals surface area contributed by atoms with Crippen molar-refractivity contribution in [3.8, 4) is 0 Å². The minimum Gasteiger partial charge on any atom is -0.465 e. The van der Waals surface area contributed by atoms with Gasteiger partial charge in [-0.05, 0) is 34.2 Å². The minimum atomic E-state index is -0.932. The van der Waals surface area contributed by atoms with Crippen molar-refractivity contribution in [2.75, 3.05) is 18.0 Å². The standard InChI is InChI=1S/C18H24N4O5/c1-17(2,3)15-18(6-8-20(9-7-18)16(24)25)10-14(23)21(15)12-4-5-13(19-11-12)22(26)27/h4-5,11,15H,6-10H2,1-3H3,(H,24,25). The molecule has 1 atom stereocenters. The molecule has 3 rings (SSSR count). The highest BCUT2D eigenvalue weighted by molar-refractivity contribution is 5.97. The minimum absolute atomic E-state index is 0.0469. The predicted octanol–water partition coefficient (Wildman–Crippen LogP) is 2.90. The second kappa shape index (κ2) is 6.47.